The van der Waals surface area contributed by atoms with Crippen LogP contribution < -0.4 is 25.4 Å². The van der Waals surface area contributed by atoms with E-state index in [9.17, 15) is 14.0 Å². The van der Waals surface area contributed by atoms with Crippen LogP contribution in [0, 0.1) is 5.82 Å². The van der Waals surface area contributed by atoms with Crippen LogP contribution in [-0.4, -0.2) is 45.2 Å². The van der Waals surface area contributed by atoms with Gasteiger partial charge in [-0.05, 0) is 43.3 Å². The van der Waals surface area contributed by atoms with E-state index in [1.807, 2.05) is 6.07 Å². The highest BCUT2D eigenvalue weighted by molar-refractivity contribution is 6.30. The molecule has 0 spiro atoms. The van der Waals surface area contributed by atoms with E-state index in [0.29, 0.717) is 58.5 Å². The van der Waals surface area contributed by atoms with Gasteiger partial charge < -0.3 is 30.2 Å². The fourth-order valence-corrected chi connectivity index (χ4v) is 4.64. The molecule has 3 N–H and O–H groups in total. The van der Waals surface area contributed by atoms with Gasteiger partial charge in [0.25, 0.3) is 5.91 Å². The molecule has 0 aromatic heterocycles. The number of halogens is 2. The van der Waals surface area contributed by atoms with Crippen LogP contribution in [0.2, 0.25) is 5.02 Å². The molecule has 206 valence electrons. The van der Waals surface area contributed by atoms with Crippen molar-refractivity contribution < 1.29 is 28.2 Å². The zero-order chi connectivity index (χ0) is 27.9. The predicted octanol–water partition coefficient (Wildman–Crippen LogP) is 4.37. The van der Waals surface area contributed by atoms with Crippen LogP contribution in [0.4, 0.5) is 10.1 Å². The van der Waals surface area contributed by atoms with Crippen LogP contribution in [0.25, 0.3) is 0 Å². The lowest BCUT2D eigenvalue weighted by molar-refractivity contribution is -0.137. The second-order valence-electron chi connectivity index (χ2n) is 9.05. The molecule has 0 bridgehead atoms. The lowest BCUT2D eigenvalue weighted by atomic mass is 9.98. The first-order valence-corrected chi connectivity index (χ1v) is 12.9. The number of carbonyl (C=O) groups excluding carboxylic acids is 2. The van der Waals surface area contributed by atoms with Crippen LogP contribution in [0.5, 0.6) is 11.5 Å². The van der Waals surface area contributed by atoms with E-state index in [1.165, 1.54) is 18.1 Å². The Balaban J connectivity index is 1.67. The summed E-state index contributed by atoms with van der Waals surface area (Å²) in [6.45, 7) is 0.864. The van der Waals surface area contributed by atoms with Gasteiger partial charge in [0.15, 0.2) is 11.5 Å². The summed E-state index contributed by atoms with van der Waals surface area (Å²) < 4.78 is 32.0. The quantitative estimate of drug-likeness (QED) is 0.360. The summed E-state index contributed by atoms with van der Waals surface area (Å²) in [5.41, 5.74) is 7.76. The third-order valence-electron chi connectivity index (χ3n) is 6.45. The normalized spacial score (nSPS) is 16.8. The summed E-state index contributed by atoms with van der Waals surface area (Å²) in [4.78, 5) is 27.8. The van der Waals surface area contributed by atoms with E-state index >= 15 is 0 Å². The Kier molecular flexibility index (Phi) is 9.40. The highest BCUT2D eigenvalue weighted by Gasteiger charge is 2.37. The molecule has 0 radical (unpaired) electrons. The lowest BCUT2D eigenvalue weighted by Crippen LogP contribution is -2.40. The number of ether oxygens (including phenoxy) is 3. The van der Waals surface area contributed by atoms with Gasteiger partial charge in [0.05, 0.1) is 20.1 Å². The number of anilines is 1. The molecular weight excluding hydrogens is 525 g/mol. The van der Waals surface area contributed by atoms with Crippen molar-refractivity contribution in [1.29, 1.82) is 0 Å². The molecule has 0 unspecified atom stereocenters. The van der Waals surface area contributed by atoms with E-state index in [0.717, 1.165) is 0 Å². The number of amides is 2. The number of fused-ring (bicyclic) bond motifs is 1. The van der Waals surface area contributed by atoms with Gasteiger partial charge in [0, 0.05) is 41.0 Å². The number of rotatable bonds is 10. The van der Waals surface area contributed by atoms with Gasteiger partial charge in [-0.1, -0.05) is 41.9 Å². The van der Waals surface area contributed by atoms with Gasteiger partial charge in [0.2, 0.25) is 5.91 Å². The van der Waals surface area contributed by atoms with Crippen molar-refractivity contribution in [2.45, 2.75) is 31.6 Å². The number of likely N-dealkylation sites (N-methyl/N-ethyl adjacent to an activating group) is 1. The predicted molar refractivity (Wildman–Crippen MR) is 147 cm³/mol. The summed E-state index contributed by atoms with van der Waals surface area (Å²) in [6.07, 6.45) is -1.57. The molecule has 1 aliphatic heterocycles. The second-order valence-corrected chi connectivity index (χ2v) is 9.48. The van der Waals surface area contributed by atoms with Crippen molar-refractivity contribution in [2.24, 2.45) is 5.73 Å². The molecule has 3 aromatic rings. The molecule has 0 aliphatic carbocycles. The van der Waals surface area contributed by atoms with E-state index in [4.69, 9.17) is 31.5 Å². The van der Waals surface area contributed by atoms with Crippen molar-refractivity contribution in [3.63, 3.8) is 0 Å². The van der Waals surface area contributed by atoms with Crippen molar-refractivity contribution in [3.8, 4) is 11.5 Å². The first kappa shape index (κ1) is 28.4. The first-order chi connectivity index (χ1) is 18.8. The molecule has 2 atom stereocenters. The fourth-order valence-electron chi connectivity index (χ4n) is 4.46. The van der Waals surface area contributed by atoms with E-state index < -0.39 is 29.8 Å². The molecule has 0 saturated carbocycles. The molecule has 4 rings (SSSR count). The van der Waals surface area contributed by atoms with Gasteiger partial charge in [-0.25, -0.2) is 4.39 Å². The number of methoxy groups -OCH3 is 1. The number of benzene rings is 3. The fraction of sp³-hybridized carbons (Fsp3) is 0.310. The molecule has 8 nitrogen and oxygen atoms in total. The van der Waals surface area contributed by atoms with Crippen LogP contribution in [0.15, 0.2) is 60.7 Å². The van der Waals surface area contributed by atoms with Crippen LogP contribution >= 0.6 is 11.6 Å². The summed E-state index contributed by atoms with van der Waals surface area (Å²) in [5, 5.41) is 3.14. The Morgan fingerprint density at radius 3 is 2.69 bits per heavy atom. The minimum absolute atomic E-state index is 0.0163. The highest BCUT2D eigenvalue weighted by atomic mass is 35.5. The number of nitrogens with one attached hydrogen (secondary N) is 1. The molecule has 1 aliphatic rings. The summed E-state index contributed by atoms with van der Waals surface area (Å²) >= 11 is 6.37. The third kappa shape index (κ3) is 6.50. The largest absolute Gasteiger partial charge is 0.492 e. The van der Waals surface area contributed by atoms with Crippen LogP contribution in [0.3, 0.4) is 0 Å². The van der Waals surface area contributed by atoms with Crippen LogP contribution in [-0.2, 0) is 20.9 Å². The maximum absolute atomic E-state index is 14.0. The molecule has 3 aromatic carbocycles. The van der Waals surface area contributed by atoms with Gasteiger partial charge in [-0.15, -0.1) is 0 Å². The first-order valence-electron chi connectivity index (χ1n) is 12.6. The number of para-hydroxylation sites is 1. The Bertz CT molecular complexity index is 1340. The minimum atomic E-state index is -1.14. The number of hydrogen-bond acceptors (Lipinski definition) is 6. The Morgan fingerprint density at radius 2 is 1.95 bits per heavy atom. The van der Waals surface area contributed by atoms with Gasteiger partial charge >= 0.3 is 0 Å². The third-order valence-corrected chi connectivity index (χ3v) is 6.68. The van der Waals surface area contributed by atoms with Gasteiger partial charge in [-0.3, -0.25) is 9.59 Å². The van der Waals surface area contributed by atoms with Crippen molar-refractivity contribution in [3.05, 3.63) is 88.2 Å². The van der Waals surface area contributed by atoms with Gasteiger partial charge in [0.1, 0.15) is 18.0 Å². The zero-order valence-corrected chi connectivity index (χ0v) is 22.5. The topological polar surface area (TPSA) is 103 Å². The maximum Gasteiger partial charge on any atom is 0.256 e. The van der Waals surface area contributed by atoms with E-state index in [1.54, 1.807) is 55.6 Å². The van der Waals surface area contributed by atoms with E-state index in [2.05, 4.69) is 5.32 Å². The molecule has 1 heterocycles. The molecule has 0 saturated heterocycles. The lowest BCUT2D eigenvalue weighted by Gasteiger charge is -2.24. The monoisotopic (exact) mass is 555 g/mol. The molecule has 10 heteroatoms. The summed E-state index contributed by atoms with van der Waals surface area (Å²) in [5.74, 6) is -0.355. The Hall–Kier alpha value is -3.66. The summed E-state index contributed by atoms with van der Waals surface area (Å²) in [6, 6.07) is 16.7. The number of nitrogens with zero attached hydrogens (tertiary/aromatic N) is 1. The van der Waals surface area contributed by atoms with Crippen molar-refractivity contribution in [2.75, 3.05) is 32.2 Å². The molecular formula is C29H31ClFN3O5. The van der Waals surface area contributed by atoms with Crippen molar-refractivity contribution in [1.82, 2.24) is 5.32 Å². The smallest absolute Gasteiger partial charge is 0.256 e. The van der Waals surface area contributed by atoms with E-state index in [-0.39, 0.29) is 13.0 Å². The molecule has 39 heavy (non-hydrogen) atoms. The Morgan fingerprint density at radius 1 is 1.15 bits per heavy atom. The molecule has 2 amide bonds. The summed E-state index contributed by atoms with van der Waals surface area (Å²) in [7, 11) is 3.14. The SMILES string of the molecule is COc1c(OCCCN)cccc1[C@@H]1O[C@@H](CC(=O)NCc2ccccc2F)C(=O)N(C)c2ccc(Cl)cc21. The zero-order valence-electron chi connectivity index (χ0n) is 21.8. The number of carbonyl (C=O) groups is 2. The maximum atomic E-state index is 14.0. The van der Waals surface area contributed by atoms with Crippen molar-refractivity contribution >= 4 is 29.1 Å². The number of hydrogen-bond donors (Lipinski definition) is 2. The second kappa shape index (κ2) is 12.9. The minimum Gasteiger partial charge on any atom is -0.492 e. The highest BCUT2D eigenvalue weighted by Crippen LogP contribution is 2.44. The van der Waals surface area contributed by atoms with Gasteiger partial charge in [-0.2, -0.15) is 0 Å². The Labute approximate surface area is 231 Å². The number of nitrogens with two attached hydrogens (primary N) is 1. The molecule has 0 fully saturated rings. The average molecular weight is 556 g/mol. The average Bonchev–Trinajstić information content (AvgIpc) is 3.03. The standard InChI is InChI=1S/C29H31ClFN3O5/c1-34-23-12-11-19(30)15-21(23)27(20-8-5-10-24(28(20)37-2)38-14-6-13-32)39-25(29(34)36)16-26(35)33-17-18-7-3-4-9-22(18)31/h3-5,7-12,15,25,27H,6,13-14,16-17,32H2,1-2H3,(H,33,35)/t25-,27-/m0/s1. The van der Waals surface area contributed by atoms with Crippen LogP contribution in [0.1, 0.15) is 35.6 Å².